The zero-order valence-electron chi connectivity index (χ0n) is 9.33. The van der Waals surface area contributed by atoms with E-state index in [1.54, 1.807) is 6.20 Å². The maximum Gasteiger partial charge on any atom is 0.145 e. The Labute approximate surface area is 111 Å². The molecule has 0 aliphatic carbocycles. The predicted molar refractivity (Wildman–Crippen MR) is 72.2 cm³/mol. The molecular formula is C13H13Cl2NO. The first-order valence-electron chi connectivity index (χ1n) is 5.55. The summed E-state index contributed by atoms with van der Waals surface area (Å²) in [6.45, 7) is 0.653. The van der Waals surface area contributed by atoms with Gasteiger partial charge in [-0.2, -0.15) is 0 Å². The van der Waals surface area contributed by atoms with Gasteiger partial charge in [-0.3, -0.25) is 4.98 Å². The summed E-state index contributed by atoms with van der Waals surface area (Å²) in [5.74, 6) is 1.45. The van der Waals surface area contributed by atoms with Gasteiger partial charge in [-0.25, -0.2) is 0 Å². The van der Waals surface area contributed by atoms with E-state index in [0.717, 1.165) is 29.5 Å². The van der Waals surface area contributed by atoms with Crippen molar-refractivity contribution in [2.75, 3.05) is 12.5 Å². The van der Waals surface area contributed by atoms with Gasteiger partial charge in [-0.1, -0.05) is 11.6 Å². The average molecular weight is 270 g/mol. The van der Waals surface area contributed by atoms with Gasteiger partial charge in [0.1, 0.15) is 11.3 Å². The van der Waals surface area contributed by atoms with E-state index in [0.29, 0.717) is 17.5 Å². The van der Waals surface area contributed by atoms with Crippen LogP contribution in [0.5, 0.6) is 5.75 Å². The Kier molecular flexibility index (Phi) is 4.46. The van der Waals surface area contributed by atoms with Crippen molar-refractivity contribution in [2.24, 2.45) is 0 Å². The first-order valence-corrected chi connectivity index (χ1v) is 6.46. The molecule has 90 valence electrons. The van der Waals surface area contributed by atoms with E-state index in [1.807, 2.05) is 24.3 Å². The second-order valence-corrected chi connectivity index (χ2v) is 4.47. The Morgan fingerprint density at radius 1 is 1.18 bits per heavy atom. The summed E-state index contributed by atoms with van der Waals surface area (Å²) in [4.78, 5) is 4.31. The maximum absolute atomic E-state index is 6.10. The zero-order valence-corrected chi connectivity index (χ0v) is 10.8. The number of benzene rings is 1. The van der Waals surface area contributed by atoms with Gasteiger partial charge in [0.25, 0.3) is 0 Å². The molecule has 1 heterocycles. The molecule has 0 amide bonds. The highest BCUT2D eigenvalue weighted by Gasteiger charge is 2.06. The van der Waals surface area contributed by atoms with Gasteiger partial charge < -0.3 is 4.74 Å². The summed E-state index contributed by atoms with van der Waals surface area (Å²) in [6, 6.07) is 7.50. The number of unbranched alkanes of at least 4 members (excludes halogenated alkanes) is 1. The van der Waals surface area contributed by atoms with Crippen LogP contribution in [0.3, 0.4) is 0 Å². The molecule has 17 heavy (non-hydrogen) atoms. The van der Waals surface area contributed by atoms with Gasteiger partial charge in [0.05, 0.1) is 11.6 Å². The van der Waals surface area contributed by atoms with Crippen LogP contribution in [0.1, 0.15) is 12.8 Å². The standard InChI is InChI=1S/C13H13Cl2NO/c14-7-1-2-9-17-12-6-5-11(15)10-4-3-8-16-13(10)12/h3-6,8H,1-2,7,9H2. The average Bonchev–Trinajstić information content (AvgIpc) is 2.37. The minimum Gasteiger partial charge on any atom is -0.491 e. The normalized spacial score (nSPS) is 10.7. The third-order valence-electron chi connectivity index (χ3n) is 2.46. The highest BCUT2D eigenvalue weighted by atomic mass is 35.5. The summed E-state index contributed by atoms with van der Waals surface area (Å²) < 4.78 is 5.70. The van der Waals surface area contributed by atoms with E-state index in [9.17, 15) is 0 Å². The van der Waals surface area contributed by atoms with Crippen LogP contribution in [-0.2, 0) is 0 Å². The second-order valence-electron chi connectivity index (χ2n) is 3.69. The van der Waals surface area contributed by atoms with Gasteiger partial charge in [-0.05, 0) is 37.1 Å². The Morgan fingerprint density at radius 3 is 2.88 bits per heavy atom. The number of hydrogen-bond acceptors (Lipinski definition) is 2. The molecule has 0 unspecified atom stereocenters. The van der Waals surface area contributed by atoms with Gasteiger partial charge in [0.15, 0.2) is 0 Å². The molecule has 0 fully saturated rings. The molecule has 0 aliphatic rings. The predicted octanol–water partition coefficient (Wildman–Crippen LogP) is 4.29. The summed E-state index contributed by atoms with van der Waals surface area (Å²) in [7, 11) is 0. The zero-order chi connectivity index (χ0) is 12.1. The third-order valence-corrected chi connectivity index (χ3v) is 3.06. The van der Waals surface area contributed by atoms with E-state index >= 15 is 0 Å². The lowest BCUT2D eigenvalue weighted by atomic mass is 10.2. The highest BCUT2D eigenvalue weighted by Crippen LogP contribution is 2.29. The molecule has 2 rings (SSSR count). The summed E-state index contributed by atoms with van der Waals surface area (Å²) >= 11 is 11.7. The molecule has 2 nitrogen and oxygen atoms in total. The lowest BCUT2D eigenvalue weighted by molar-refractivity contribution is 0.312. The van der Waals surface area contributed by atoms with Gasteiger partial charge in [-0.15, -0.1) is 11.6 Å². The van der Waals surface area contributed by atoms with E-state index < -0.39 is 0 Å². The number of fused-ring (bicyclic) bond motifs is 1. The molecule has 0 atom stereocenters. The van der Waals surface area contributed by atoms with Crippen LogP contribution >= 0.6 is 23.2 Å². The van der Waals surface area contributed by atoms with Gasteiger partial charge in [0.2, 0.25) is 0 Å². The molecule has 1 aromatic carbocycles. The van der Waals surface area contributed by atoms with Crippen molar-refractivity contribution >= 4 is 34.1 Å². The van der Waals surface area contributed by atoms with Crippen LogP contribution in [0.2, 0.25) is 5.02 Å². The molecule has 0 saturated carbocycles. The fraction of sp³-hybridized carbons (Fsp3) is 0.308. The minimum absolute atomic E-state index is 0.653. The SMILES string of the molecule is ClCCCCOc1ccc(Cl)c2cccnc12. The Bertz CT molecular complexity index is 502. The first-order chi connectivity index (χ1) is 8.33. The fourth-order valence-corrected chi connectivity index (χ4v) is 2.01. The molecular weight excluding hydrogens is 257 g/mol. The van der Waals surface area contributed by atoms with Crippen LogP contribution in [0.15, 0.2) is 30.5 Å². The topological polar surface area (TPSA) is 22.1 Å². The molecule has 0 spiro atoms. The summed E-state index contributed by atoms with van der Waals surface area (Å²) in [5.41, 5.74) is 0.811. The Hall–Kier alpha value is -0.990. The number of hydrogen-bond donors (Lipinski definition) is 0. The Balaban J connectivity index is 2.20. The van der Waals surface area contributed by atoms with Crippen molar-refractivity contribution in [3.05, 3.63) is 35.5 Å². The maximum atomic E-state index is 6.10. The number of pyridine rings is 1. The monoisotopic (exact) mass is 269 g/mol. The van der Waals surface area contributed by atoms with Gasteiger partial charge >= 0.3 is 0 Å². The number of ether oxygens (including phenoxy) is 1. The number of halogens is 2. The van der Waals surface area contributed by atoms with Crippen LogP contribution in [-0.4, -0.2) is 17.5 Å². The van der Waals surface area contributed by atoms with Crippen molar-refractivity contribution in [1.82, 2.24) is 4.98 Å². The van der Waals surface area contributed by atoms with Crippen molar-refractivity contribution in [3.8, 4) is 5.75 Å². The molecule has 0 aliphatic heterocycles. The third kappa shape index (κ3) is 3.02. The molecule has 0 bridgehead atoms. The highest BCUT2D eigenvalue weighted by molar-refractivity contribution is 6.35. The summed E-state index contributed by atoms with van der Waals surface area (Å²) in [5, 5.41) is 1.62. The Morgan fingerprint density at radius 2 is 2.06 bits per heavy atom. The van der Waals surface area contributed by atoms with Crippen molar-refractivity contribution in [2.45, 2.75) is 12.8 Å². The molecule has 4 heteroatoms. The summed E-state index contributed by atoms with van der Waals surface area (Å²) in [6.07, 6.45) is 3.64. The van der Waals surface area contributed by atoms with Crippen molar-refractivity contribution in [3.63, 3.8) is 0 Å². The first kappa shape index (κ1) is 12.5. The minimum atomic E-state index is 0.653. The van der Waals surface area contributed by atoms with Crippen LogP contribution in [0.4, 0.5) is 0 Å². The van der Waals surface area contributed by atoms with Crippen LogP contribution < -0.4 is 4.74 Å². The number of nitrogens with zero attached hydrogens (tertiary/aromatic N) is 1. The molecule has 0 saturated heterocycles. The van der Waals surface area contributed by atoms with Crippen molar-refractivity contribution in [1.29, 1.82) is 0 Å². The molecule has 2 aromatic rings. The van der Waals surface area contributed by atoms with E-state index in [1.165, 1.54) is 0 Å². The molecule has 1 aromatic heterocycles. The smallest absolute Gasteiger partial charge is 0.145 e. The fourth-order valence-electron chi connectivity index (χ4n) is 1.61. The quantitative estimate of drug-likeness (QED) is 0.597. The largest absolute Gasteiger partial charge is 0.491 e. The number of aromatic nitrogens is 1. The van der Waals surface area contributed by atoms with Crippen LogP contribution in [0.25, 0.3) is 10.9 Å². The van der Waals surface area contributed by atoms with Crippen molar-refractivity contribution < 1.29 is 4.74 Å². The molecule has 0 N–H and O–H groups in total. The number of rotatable bonds is 5. The number of alkyl halides is 1. The van der Waals surface area contributed by atoms with E-state index in [2.05, 4.69) is 4.98 Å². The van der Waals surface area contributed by atoms with E-state index in [-0.39, 0.29) is 0 Å². The van der Waals surface area contributed by atoms with Gasteiger partial charge in [0, 0.05) is 17.5 Å². The second kappa shape index (κ2) is 6.08. The molecule has 0 radical (unpaired) electrons. The van der Waals surface area contributed by atoms with E-state index in [4.69, 9.17) is 27.9 Å². The lowest BCUT2D eigenvalue weighted by Crippen LogP contribution is -1.98. The van der Waals surface area contributed by atoms with Crippen LogP contribution in [0, 0.1) is 0 Å². The lowest BCUT2D eigenvalue weighted by Gasteiger charge is -2.09.